The van der Waals surface area contributed by atoms with E-state index in [1.165, 1.54) is 5.56 Å². The summed E-state index contributed by atoms with van der Waals surface area (Å²) in [4.78, 5) is 2.34. The first-order valence-corrected chi connectivity index (χ1v) is 7.87. The Bertz CT molecular complexity index is 446. The summed E-state index contributed by atoms with van der Waals surface area (Å²) in [6, 6.07) is 6.10. The Labute approximate surface area is 132 Å². The molecular formula is C16H25ClN2O2. The number of methoxy groups -OCH3 is 1. The lowest BCUT2D eigenvalue weighted by molar-refractivity contribution is -0.00525. The van der Waals surface area contributed by atoms with Crippen molar-refractivity contribution in [3.63, 3.8) is 0 Å². The molecule has 0 radical (unpaired) electrons. The lowest BCUT2D eigenvalue weighted by Crippen LogP contribution is -2.46. The molecule has 0 spiro atoms. The monoisotopic (exact) mass is 312 g/mol. The Hall–Kier alpha value is -0.810. The van der Waals surface area contributed by atoms with Crippen molar-refractivity contribution in [3.05, 3.63) is 28.8 Å². The summed E-state index contributed by atoms with van der Waals surface area (Å²) >= 11 is 6.46. The third kappa shape index (κ3) is 4.58. The summed E-state index contributed by atoms with van der Waals surface area (Å²) in [5.74, 6) is 0. The molecule has 1 heterocycles. The van der Waals surface area contributed by atoms with Crippen molar-refractivity contribution >= 4 is 17.3 Å². The fourth-order valence-electron chi connectivity index (χ4n) is 2.81. The molecule has 4 nitrogen and oxygen atoms in total. The molecule has 5 heteroatoms. The highest BCUT2D eigenvalue weighted by atomic mass is 35.5. The van der Waals surface area contributed by atoms with Gasteiger partial charge in [0, 0.05) is 33.3 Å². The number of hydrogen-bond donors (Lipinski definition) is 1. The SMILES string of the molecule is COCCNCc1cccc(Cl)c1N1CC(C)OC(C)C1. The van der Waals surface area contributed by atoms with E-state index in [4.69, 9.17) is 21.1 Å². The molecule has 1 fully saturated rings. The molecule has 118 valence electrons. The maximum atomic E-state index is 6.46. The van der Waals surface area contributed by atoms with E-state index in [2.05, 4.69) is 30.1 Å². The zero-order valence-electron chi connectivity index (χ0n) is 13.1. The van der Waals surface area contributed by atoms with Gasteiger partial charge >= 0.3 is 0 Å². The smallest absolute Gasteiger partial charge is 0.0726 e. The Morgan fingerprint density at radius 2 is 2.05 bits per heavy atom. The molecule has 1 aromatic rings. The number of rotatable bonds is 6. The summed E-state index contributed by atoms with van der Waals surface area (Å²) in [6.45, 7) is 8.30. The average Bonchev–Trinajstić information content (AvgIpc) is 2.42. The summed E-state index contributed by atoms with van der Waals surface area (Å²) in [5.41, 5.74) is 2.35. The molecule has 0 aliphatic carbocycles. The predicted octanol–water partition coefficient (Wildman–Crippen LogP) is 2.69. The largest absolute Gasteiger partial charge is 0.383 e. The minimum Gasteiger partial charge on any atom is -0.383 e. The molecule has 2 atom stereocenters. The van der Waals surface area contributed by atoms with Crippen molar-refractivity contribution < 1.29 is 9.47 Å². The Morgan fingerprint density at radius 3 is 2.71 bits per heavy atom. The quantitative estimate of drug-likeness (QED) is 0.819. The number of para-hydroxylation sites is 1. The zero-order valence-corrected chi connectivity index (χ0v) is 13.8. The standard InChI is InChI=1S/C16H25ClN2O2/c1-12-10-19(11-13(2)21-12)16-14(5-4-6-15(16)17)9-18-7-8-20-3/h4-6,12-13,18H,7-11H2,1-3H3. The molecule has 0 amide bonds. The van der Waals surface area contributed by atoms with Crippen molar-refractivity contribution in [1.29, 1.82) is 0 Å². The van der Waals surface area contributed by atoms with Crippen LogP contribution in [0.2, 0.25) is 5.02 Å². The van der Waals surface area contributed by atoms with Crippen molar-refractivity contribution in [1.82, 2.24) is 5.32 Å². The first kappa shape index (κ1) is 16.6. The summed E-state index contributed by atoms with van der Waals surface area (Å²) < 4.78 is 10.9. The van der Waals surface area contributed by atoms with Gasteiger partial charge in [-0.05, 0) is 25.5 Å². The van der Waals surface area contributed by atoms with Gasteiger partial charge in [-0.25, -0.2) is 0 Å². The third-order valence-corrected chi connectivity index (χ3v) is 3.91. The Balaban J connectivity index is 2.13. The number of nitrogens with zero attached hydrogens (tertiary/aromatic N) is 1. The third-order valence-electron chi connectivity index (χ3n) is 3.60. The van der Waals surface area contributed by atoms with E-state index in [1.54, 1.807) is 7.11 Å². The van der Waals surface area contributed by atoms with Crippen molar-refractivity contribution in [2.24, 2.45) is 0 Å². The summed E-state index contributed by atoms with van der Waals surface area (Å²) in [5, 5.41) is 4.20. The first-order valence-electron chi connectivity index (χ1n) is 7.49. The molecule has 1 aromatic carbocycles. The van der Waals surface area contributed by atoms with Crippen LogP contribution in [0.15, 0.2) is 18.2 Å². The van der Waals surface area contributed by atoms with Gasteiger partial charge in [-0.3, -0.25) is 0 Å². The maximum Gasteiger partial charge on any atom is 0.0726 e. The molecule has 1 aliphatic rings. The minimum absolute atomic E-state index is 0.222. The fourth-order valence-corrected chi connectivity index (χ4v) is 3.13. The number of morpholine rings is 1. The van der Waals surface area contributed by atoms with Gasteiger partial charge in [-0.2, -0.15) is 0 Å². The molecule has 21 heavy (non-hydrogen) atoms. The highest BCUT2D eigenvalue weighted by Crippen LogP contribution is 2.32. The second-order valence-electron chi connectivity index (χ2n) is 5.58. The average molecular weight is 313 g/mol. The van der Waals surface area contributed by atoms with Crippen LogP contribution >= 0.6 is 11.6 Å². The molecule has 2 rings (SSSR count). The van der Waals surface area contributed by atoms with Gasteiger partial charge in [-0.1, -0.05) is 23.7 Å². The van der Waals surface area contributed by atoms with Gasteiger partial charge in [0.15, 0.2) is 0 Å². The van der Waals surface area contributed by atoms with Crippen LogP contribution in [0.3, 0.4) is 0 Å². The fraction of sp³-hybridized carbons (Fsp3) is 0.625. The van der Waals surface area contributed by atoms with E-state index in [9.17, 15) is 0 Å². The highest BCUT2D eigenvalue weighted by Gasteiger charge is 2.25. The van der Waals surface area contributed by atoms with E-state index in [-0.39, 0.29) is 12.2 Å². The van der Waals surface area contributed by atoms with Crippen molar-refractivity contribution in [2.45, 2.75) is 32.6 Å². The molecule has 0 aromatic heterocycles. The second kappa shape index (κ2) is 7.99. The van der Waals surface area contributed by atoms with Gasteiger partial charge < -0.3 is 19.7 Å². The van der Waals surface area contributed by atoms with E-state index >= 15 is 0 Å². The van der Waals surface area contributed by atoms with Crippen LogP contribution in [-0.2, 0) is 16.0 Å². The molecule has 1 N–H and O–H groups in total. The van der Waals surface area contributed by atoms with E-state index in [1.807, 2.05) is 12.1 Å². The zero-order chi connectivity index (χ0) is 15.2. The van der Waals surface area contributed by atoms with Crippen molar-refractivity contribution in [3.8, 4) is 0 Å². The van der Waals surface area contributed by atoms with Crippen LogP contribution in [0.4, 0.5) is 5.69 Å². The van der Waals surface area contributed by atoms with E-state index in [0.29, 0.717) is 6.61 Å². The van der Waals surface area contributed by atoms with Crippen LogP contribution in [0.1, 0.15) is 19.4 Å². The van der Waals surface area contributed by atoms with Crippen LogP contribution < -0.4 is 10.2 Å². The van der Waals surface area contributed by atoms with Crippen LogP contribution in [-0.4, -0.2) is 45.6 Å². The molecular weight excluding hydrogens is 288 g/mol. The lowest BCUT2D eigenvalue weighted by atomic mass is 10.1. The summed E-state index contributed by atoms with van der Waals surface area (Å²) in [7, 11) is 1.71. The number of ether oxygens (including phenoxy) is 2. The highest BCUT2D eigenvalue weighted by molar-refractivity contribution is 6.33. The first-order chi connectivity index (χ1) is 10.1. The summed E-state index contributed by atoms with van der Waals surface area (Å²) in [6.07, 6.45) is 0.443. The van der Waals surface area contributed by atoms with Gasteiger partial charge in [0.05, 0.1) is 29.5 Å². The Kier molecular flexibility index (Phi) is 6.30. The second-order valence-corrected chi connectivity index (χ2v) is 5.99. The normalized spacial score (nSPS) is 22.6. The van der Waals surface area contributed by atoms with E-state index < -0.39 is 0 Å². The Morgan fingerprint density at radius 1 is 1.33 bits per heavy atom. The van der Waals surface area contributed by atoms with Gasteiger partial charge in [0.25, 0.3) is 0 Å². The van der Waals surface area contributed by atoms with Gasteiger partial charge in [0.2, 0.25) is 0 Å². The van der Waals surface area contributed by atoms with Crippen LogP contribution in [0, 0.1) is 0 Å². The number of halogens is 1. The van der Waals surface area contributed by atoms with Crippen LogP contribution in [0.5, 0.6) is 0 Å². The number of nitrogens with one attached hydrogen (secondary N) is 1. The minimum atomic E-state index is 0.222. The van der Waals surface area contributed by atoms with Gasteiger partial charge in [-0.15, -0.1) is 0 Å². The maximum absolute atomic E-state index is 6.46. The molecule has 2 unspecified atom stereocenters. The molecule has 0 bridgehead atoms. The molecule has 1 saturated heterocycles. The topological polar surface area (TPSA) is 33.7 Å². The molecule has 1 aliphatic heterocycles. The van der Waals surface area contributed by atoms with E-state index in [0.717, 1.165) is 36.9 Å². The predicted molar refractivity (Wildman–Crippen MR) is 87.3 cm³/mol. The molecule has 0 saturated carbocycles. The number of benzene rings is 1. The van der Waals surface area contributed by atoms with Gasteiger partial charge in [0.1, 0.15) is 0 Å². The van der Waals surface area contributed by atoms with Crippen molar-refractivity contribution in [2.75, 3.05) is 38.3 Å². The number of hydrogen-bond acceptors (Lipinski definition) is 4. The van der Waals surface area contributed by atoms with Crippen LogP contribution in [0.25, 0.3) is 0 Å². The number of anilines is 1. The lowest BCUT2D eigenvalue weighted by Gasteiger charge is -2.38.